The van der Waals surface area contributed by atoms with Gasteiger partial charge in [0.15, 0.2) is 0 Å². The molecular formula is C19H20N2O4S2. The van der Waals surface area contributed by atoms with Gasteiger partial charge >= 0.3 is 5.97 Å². The SMILES string of the molecule is CCCCCN1C(=O)/C(=C2\SC(=S)N(CC(=O)OC)C2=O)c2ccccc21. The zero-order chi connectivity index (χ0) is 19.6. The number of amides is 2. The zero-order valence-corrected chi connectivity index (χ0v) is 16.8. The lowest BCUT2D eigenvalue weighted by molar-refractivity contribution is -0.143. The smallest absolute Gasteiger partial charge is 0.325 e. The van der Waals surface area contributed by atoms with Crippen molar-refractivity contribution in [3.8, 4) is 0 Å². The molecule has 3 rings (SSSR count). The lowest BCUT2D eigenvalue weighted by Crippen LogP contribution is -2.34. The largest absolute Gasteiger partial charge is 0.468 e. The van der Waals surface area contributed by atoms with E-state index in [9.17, 15) is 14.4 Å². The summed E-state index contributed by atoms with van der Waals surface area (Å²) >= 11 is 6.31. The lowest BCUT2D eigenvalue weighted by Gasteiger charge is -2.16. The minimum Gasteiger partial charge on any atom is -0.468 e. The molecule has 0 aliphatic carbocycles. The van der Waals surface area contributed by atoms with Gasteiger partial charge in [-0.3, -0.25) is 19.3 Å². The van der Waals surface area contributed by atoms with Crippen molar-refractivity contribution in [1.82, 2.24) is 4.90 Å². The number of rotatable bonds is 6. The van der Waals surface area contributed by atoms with Crippen LogP contribution >= 0.6 is 24.0 Å². The van der Waals surface area contributed by atoms with E-state index in [-0.39, 0.29) is 21.7 Å². The minimum absolute atomic E-state index is 0.189. The molecule has 0 aromatic heterocycles. The molecule has 0 atom stereocenters. The van der Waals surface area contributed by atoms with E-state index in [1.54, 1.807) is 4.90 Å². The highest BCUT2D eigenvalue weighted by molar-refractivity contribution is 8.26. The van der Waals surface area contributed by atoms with Crippen LogP contribution in [0, 0.1) is 0 Å². The van der Waals surface area contributed by atoms with Gasteiger partial charge in [0, 0.05) is 12.1 Å². The predicted octanol–water partition coefficient (Wildman–Crippen LogP) is 2.97. The van der Waals surface area contributed by atoms with Gasteiger partial charge in [-0.05, 0) is 12.5 Å². The second kappa shape index (κ2) is 8.22. The molecule has 0 spiro atoms. The molecule has 0 unspecified atom stereocenters. The Morgan fingerprint density at radius 2 is 1.89 bits per heavy atom. The number of ether oxygens (including phenoxy) is 1. The molecule has 2 heterocycles. The highest BCUT2D eigenvalue weighted by Crippen LogP contribution is 2.44. The number of hydrogen-bond acceptors (Lipinski definition) is 6. The average molecular weight is 405 g/mol. The Kier molecular flexibility index (Phi) is 5.96. The van der Waals surface area contributed by atoms with Crippen molar-refractivity contribution >= 4 is 57.3 Å². The topological polar surface area (TPSA) is 66.9 Å². The van der Waals surface area contributed by atoms with Crippen LogP contribution in [-0.2, 0) is 19.1 Å². The van der Waals surface area contributed by atoms with Gasteiger partial charge in [-0.2, -0.15) is 0 Å². The number of esters is 1. The third-order valence-electron chi connectivity index (χ3n) is 4.50. The maximum absolute atomic E-state index is 13.1. The van der Waals surface area contributed by atoms with Crippen molar-refractivity contribution in [3.05, 3.63) is 34.7 Å². The fraction of sp³-hybridized carbons (Fsp3) is 0.368. The maximum Gasteiger partial charge on any atom is 0.325 e. The standard InChI is InChI=1S/C19H20N2O4S2/c1-3-4-7-10-20-13-9-6-5-8-12(13)15(17(20)23)16-18(24)21(19(26)27-16)11-14(22)25-2/h5-6,8-9H,3-4,7,10-11H2,1-2H3/b16-15-. The Hall–Kier alpha value is -2.19. The number of anilines is 1. The van der Waals surface area contributed by atoms with Crippen LogP contribution in [0.15, 0.2) is 29.2 Å². The third kappa shape index (κ3) is 3.64. The second-order valence-corrected chi connectivity index (χ2v) is 7.86. The van der Waals surface area contributed by atoms with Crippen LogP contribution < -0.4 is 4.90 Å². The molecule has 2 amide bonds. The zero-order valence-electron chi connectivity index (χ0n) is 15.2. The van der Waals surface area contributed by atoms with Gasteiger partial charge in [0.05, 0.1) is 23.3 Å². The number of unbranched alkanes of at least 4 members (excludes halogenated alkanes) is 2. The van der Waals surface area contributed by atoms with Crippen LogP contribution in [0.1, 0.15) is 31.7 Å². The first kappa shape index (κ1) is 19.6. The number of benzene rings is 1. The van der Waals surface area contributed by atoms with E-state index in [0.717, 1.165) is 42.3 Å². The van der Waals surface area contributed by atoms with Gasteiger partial charge in [-0.1, -0.05) is 61.9 Å². The Morgan fingerprint density at radius 1 is 1.15 bits per heavy atom. The number of carbonyl (C=O) groups excluding carboxylic acids is 3. The van der Waals surface area contributed by atoms with Crippen molar-refractivity contribution in [2.75, 3.05) is 25.1 Å². The van der Waals surface area contributed by atoms with Gasteiger partial charge in [-0.15, -0.1) is 0 Å². The van der Waals surface area contributed by atoms with Gasteiger partial charge in [0.2, 0.25) is 0 Å². The molecule has 1 aromatic rings. The van der Waals surface area contributed by atoms with Crippen LogP contribution in [-0.4, -0.2) is 47.2 Å². The third-order valence-corrected chi connectivity index (χ3v) is 5.95. The van der Waals surface area contributed by atoms with Crippen LogP contribution in [0.3, 0.4) is 0 Å². The number of thioether (sulfide) groups is 1. The van der Waals surface area contributed by atoms with Crippen LogP contribution in [0.5, 0.6) is 0 Å². The normalized spacial score (nSPS) is 19.1. The summed E-state index contributed by atoms with van der Waals surface area (Å²) in [6, 6.07) is 7.46. The molecule has 1 saturated heterocycles. The minimum atomic E-state index is -0.558. The lowest BCUT2D eigenvalue weighted by atomic mass is 10.1. The van der Waals surface area contributed by atoms with E-state index in [1.807, 2.05) is 24.3 Å². The van der Waals surface area contributed by atoms with E-state index in [0.29, 0.717) is 12.1 Å². The number of fused-ring (bicyclic) bond motifs is 1. The molecule has 0 N–H and O–H groups in total. The Labute approximate surface area is 167 Å². The van der Waals surface area contributed by atoms with E-state index in [2.05, 4.69) is 11.7 Å². The second-order valence-electron chi connectivity index (χ2n) is 6.22. The number of hydrogen-bond donors (Lipinski definition) is 0. The van der Waals surface area contributed by atoms with E-state index in [4.69, 9.17) is 12.2 Å². The molecule has 8 heteroatoms. The predicted molar refractivity (Wildman–Crippen MR) is 109 cm³/mol. The highest BCUT2D eigenvalue weighted by Gasteiger charge is 2.42. The summed E-state index contributed by atoms with van der Waals surface area (Å²) in [5.74, 6) is -1.17. The fourth-order valence-electron chi connectivity index (χ4n) is 3.12. The van der Waals surface area contributed by atoms with E-state index in [1.165, 1.54) is 12.0 Å². The summed E-state index contributed by atoms with van der Waals surface area (Å²) in [4.78, 5) is 40.8. The van der Waals surface area contributed by atoms with Crippen LogP contribution in [0.4, 0.5) is 5.69 Å². The van der Waals surface area contributed by atoms with Gasteiger partial charge in [-0.25, -0.2) is 0 Å². The summed E-state index contributed by atoms with van der Waals surface area (Å²) in [7, 11) is 1.25. The van der Waals surface area contributed by atoms with Crippen molar-refractivity contribution in [2.24, 2.45) is 0 Å². The van der Waals surface area contributed by atoms with Crippen molar-refractivity contribution in [3.63, 3.8) is 0 Å². The first-order chi connectivity index (χ1) is 13.0. The molecule has 1 fully saturated rings. The molecule has 27 heavy (non-hydrogen) atoms. The molecule has 1 aromatic carbocycles. The molecular weight excluding hydrogens is 384 g/mol. The first-order valence-electron chi connectivity index (χ1n) is 8.75. The number of para-hydroxylation sites is 1. The molecule has 6 nitrogen and oxygen atoms in total. The first-order valence-corrected chi connectivity index (χ1v) is 9.98. The van der Waals surface area contributed by atoms with Crippen LogP contribution in [0.25, 0.3) is 5.57 Å². The summed E-state index contributed by atoms with van der Waals surface area (Å²) in [6.07, 6.45) is 2.98. The quantitative estimate of drug-likeness (QED) is 0.314. The summed E-state index contributed by atoms with van der Waals surface area (Å²) in [6.45, 7) is 2.46. The van der Waals surface area contributed by atoms with Gasteiger partial charge in [0.25, 0.3) is 11.8 Å². The molecule has 2 aliphatic heterocycles. The number of thiocarbonyl (C=S) groups is 1. The number of carbonyl (C=O) groups is 3. The van der Waals surface area contributed by atoms with Crippen molar-refractivity contribution < 1.29 is 19.1 Å². The monoisotopic (exact) mass is 404 g/mol. The number of nitrogens with zero attached hydrogens (tertiary/aromatic N) is 2. The van der Waals surface area contributed by atoms with E-state index >= 15 is 0 Å². The highest BCUT2D eigenvalue weighted by atomic mass is 32.2. The maximum atomic E-state index is 13.1. The van der Waals surface area contributed by atoms with Crippen molar-refractivity contribution in [2.45, 2.75) is 26.2 Å². The number of methoxy groups -OCH3 is 1. The average Bonchev–Trinajstić information content (AvgIpc) is 3.09. The Balaban J connectivity index is 1.98. The fourth-order valence-corrected chi connectivity index (χ4v) is 4.45. The molecule has 0 radical (unpaired) electrons. The molecule has 142 valence electrons. The summed E-state index contributed by atoms with van der Waals surface area (Å²) in [5, 5.41) is 0. The van der Waals surface area contributed by atoms with Gasteiger partial charge in [0.1, 0.15) is 10.9 Å². The van der Waals surface area contributed by atoms with Crippen LogP contribution in [0.2, 0.25) is 0 Å². The summed E-state index contributed by atoms with van der Waals surface area (Å²) in [5.41, 5.74) is 1.91. The molecule has 0 saturated carbocycles. The molecule has 0 bridgehead atoms. The van der Waals surface area contributed by atoms with E-state index < -0.39 is 11.9 Å². The Morgan fingerprint density at radius 3 is 2.59 bits per heavy atom. The van der Waals surface area contributed by atoms with Gasteiger partial charge < -0.3 is 9.64 Å². The van der Waals surface area contributed by atoms with Crippen molar-refractivity contribution in [1.29, 1.82) is 0 Å². The Bertz CT molecular complexity index is 850. The molecule has 2 aliphatic rings. The summed E-state index contributed by atoms with van der Waals surface area (Å²) < 4.78 is 4.88.